The Morgan fingerprint density at radius 3 is 2.75 bits per heavy atom. The number of likely N-dealkylation sites (tertiary alicyclic amines) is 1. The molecule has 1 aromatic rings. The Bertz CT molecular complexity index is 591. The molecule has 1 amide bonds. The van der Waals surface area contributed by atoms with Gasteiger partial charge in [-0.1, -0.05) is 11.6 Å². The second kappa shape index (κ2) is 5.84. The summed E-state index contributed by atoms with van der Waals surface area (Å²) in [5.74, 6) is -0.430. The van der Waals surface area contributed by atoms with E-state index in [0.717, 1.165) is 12.3 Å². The molecule has 1 saturated heterocycles. The van der Waals surface area contributed by atoms with Gasteiger partial charge in [-0.3, -0.25) is 14.9 Å². The van der Waals surface area contributed by atoms with Gasteiger partial charge in [0.25, 0.3) is 11.6 Å². The van der Waals surface area contributed by atoms with Crippen LogP contribution in [0.25, 0.3) is 0 Å². The summed E-state index contributed by atoms with van der Waals surface area (Å²) in [6.07, 6.45) is 2.21. The highest BCUT2D eigenvalue weighted by Gasteiger charge is 2.26. The first kappa shape index (κ1) is 14.2. The molecule has 0 aromatic carbocycles. The minimum atomic E-state index is -0.623. The van der Waals surface area contributed by atoms with Gasteiger partial charge in [0.15, 0.2) is 0 Å². The second-order valence-corrected chi connectivity index (χ2v) is 4.84. The van der Waals surface area contributed by atoms with E-state index in [4.69, 9.17) is 16.9 Å². The zero-order chi connectivity index (χ0) is 14.7. The number of aromatic nitrogens is 1. The topological polar surface area (TPSA) is 100 Å². The van der Waals surface area contributed by atoms with Crippen LogP contribution in [0.15, 0.2) is 12.3 Å². The molecular weight excluding hydrogens is 284 g/mol. The average molecular weight is 295 g/mol. The third-order valence-corrected chi connectivity index (χ3v) is 3.53. The van der Waals surface area contributed by atoms with Gasteiger partial charge >= 0.3 is 0 Å². The van der Waals surface area contributed by atoms with Gasteiger partial charge in [-0.25, -0.2) is 4.98 Å². The maximum Gasteiger partial charge on any atom is 0.288 e. The molecule has 0 aliphatic carbocycles. The Morgan fingerprint density at radius 2 is 2.20 bits per heavy atom. The fourth-order valence-electron chi connectivity index (χ4n) is 2.07. The van der Waals surface area contributed by atoms with Crippen molar-refractivity contribution in [3.05, 3.63) is 33.1 Å². The van der Waals surface area contributed by atoms with E-state index in [-0.39, 0.29) is 28.2 Å². The predicted octanol–water partition coefficient (Wildman–Crippen LogP) is 2.02. The molecule has 0 N–H and O–H groups in total. The lowest BCUT2D eigenvalue weighted by Crippen LogP contribution is -2.38. The Kier molecular flexibility index (Phi) is 4.15. The zero-order valence-corrected chi connectivity index (χ0v) is 11.2. The lowest BCUT2D eigenvalue weighted by molar-refractivity contribution is -0.385. The smallest absolute Gasteiger partial charge is 0.288 e. The van der Waals surface area contributed by atoms with E-state index in [9.17, 15) is 14.9 Å². The fourth-order valence-corrected chi connectivity index (χ4v) is 2.25. The average Bonchev–Trinajstić information content (AvgIpc) is 2.47. The summed E-state index contributed by atoms with van der Waals surface area (Å²) in [6.45, 7) is 0.881. The first-order valence-electron chi connectivity index (χ1n) is 6.01. The van der Waals surface area contributed by atoms with Crippen LogP contribution in [-0.4, -0.2) is 33.8 Å². The van der Waals surface area contributed by atoms with Crippen LogP contribution in [0.5, 0.6) is 0 Å². The minimum absolute atomic E-state index is 0.0243. The minimum Gasteiger partial charge on any atom is -0.338 e. The number of amides is 1. The van der Waals surface area contributed by atoms with E-state index >= 15 is 0 Å². The molecule has 1 aliphatic heterocycles. The Labute approximate surface area is 119 Å². The lowest BCUT2D eigenvalue weighted by atomic mass is 9.98. The SMILES string of the molecule is N#CC1CCN(C(=O)c2cc([N+](=O)[O-])cnc2Cl)CC1. The number of piperidine rings is 1. The number of rotatable bonds is 2. The van der Waals surface area contributed by atoms with E-state index in [0.29, 0.717) is 25.9 Å². The summed E-state index contributed by atoms with van der Waals surface area (Å²) < 4.78 is 0. The van der Waals surface area contributed by atoms with Gasteiger partial charge < -0.3 is 4.90 Å². The second-order valence-electron chi connectivity index (χ2n) is 4.48. The van der Waals surface area contributed by atoms with Crippen molar-refractivity contribution >= 4 is 23.2 Å². The third kappa shape index (κ3) is 2.86. The van der Waals surface area contributed by atoms with Gasteiger partial charge in [-0.05, 0) is 12.8 Å². The van der Waals surface area contributed by atoms with Crippen molar-refractivity contribution in [2.24, 2.45) is 5.92 Å². The fraction of sp³-hybridized carbons (Fsp3) is 0.417. The summed E-state index contributed by atoms with van der Waals surface area (Å²) >= 11 is 5.84. The highest BCUT2D eigenvalue weighted by atomic mass is 35.5. The molecule has 8 heteroatoms. The predicted molar refractivity (Wildman–Crippen MR) is 70.1 cm³/mol. The van der Waals surface area contributed by atoms with Crippen molar-refractivity contribution in [2.75, 3.05) is 13.1 Å². The van der Waals surface area contributed by atoms with Crippen LogP contribution in [0.3, 0.4) is 0 Å². The van der Waals surface area contributed by atoms with Crippen LogP contribution >= 0.6 is 11.6 Å². The van der Waals surface area contributed by atoms with E-state index in [2.05, 4.69) is 11.1 Å². The van der Waals surface area contributed by atoms with Crippen LogP contribution < -0.4 is 0 Å². The first-order valence-corrected chi connectivity index (χ1v) is 6.39. The van der Waals surface area contributed by atoms with Crippen molar-refractivity contribution in [3.8, 4) is 6.07 Å². The standard InChI is InChI=1S/C12H11ClN4O3/c13-11-10(5-9(7-15-11)17(19)20)12(18)16-3-1-8(6-14)2-4-16/h5,7-8H,1-4H2. The van der Waals surface area contributed by atoms with E-state index in [1.807, 2.05) is 0 Å². The largest absolute Gasteiger partial charge is 0.338 e. The van der Waals surface area contributed by atoms with Crippen molar-refractivity contribution in [3.63, 3.8) is 0 Å². The van der Waals surface area contributed by atoms with E-state index in [1.165, 1.54) is 0 Å². The zero-order valence-electron chi connectivity index (χ0n) is 10.5. The molecule has 0 spiro atoms. The highest BCUT2D eigenvalue weighted by molar-refractivity contribution is 6.32. The number of nitrogens with zero attached hydrogens (tertiary/aromatic N) is 4. The maximum absolute atomic E-state index is 12.3. The van der Waals surface area contributed by atoms with Gasteiger partial charge in [-0.15, -0.1) is 0 Å². The monoisotopic (exact) mass is 294 g/mol. The molecule has 1 aromatic heterocycles. The van der Waals surface area contributed by atoms with Crippen LogP contribution in [-0.2, 0) is 0 Å². The summed E-state index contributed by atoms with van der Waals surface area (Å²) in [5.41, 5.74) is -0.249. The molecule has 20 heavy (non-hydrogen) atoms. The molecule has 2 heterocycles. The van der Waals surface area contributed by atoms with Crippen molar-refractivity contribution in [1.29, 1.82) is 5.26 Å². The maximum atomic E-state index is 12.3. The molecule has 0 bridgehead atoms. The van der Waals surface area contributed by atoms with Gasteiger partial charge in [-0.2, -0.15) is 5.26 Å². The molecule has 1 fully saturated rings. The molecular formula is C12H11ClN4O3. The molecule has 0 unspecified atom stereocenters. The number of nitro groups is 1. The molecule has 104 valence electrons. The van der Waals surface area contributed by atoms with Crippen LogP contribution in [0.2, 0.25) is 5.15 Å². The summed E-state index contributed by atoms with van der Waals surface area (Å²) in [4.78, 5) is 27.6. The summed E-state index contributed by atoms with van der Waals surface area (Å²) in [5, 5.41) is 19.5. The van der Waals surface area contributed by atoms with E-state index in [1.54, 1.807) is 4.90 Å². The lowest BCUT2D eigenvalue weighted by Gasteiger charge is -2.29. The molecule has 7 nitrogen and oxygen atoms in total. The quantitative estimate of drug-likeness (QED) is 0.472. The number of halogens is 1. The Hall–Kier alpha value is -2.20. The molecule has 1 aliphatic rings. The molecule has 0 atom stereocenters. The van der Waals surface area contributed by atoms with Gasteiger partial charge in [0.2, 0.25) is 0 Å². The van der Waals surface area contributed by atoms with Gasteiger partial charge in [0.05, 0.1) is 16.6 Å². The molecule has 0 radical (unpaired) electrons. The Morgan fingerprint density at radius 1 is 1.55 bits per heavy atom. The molecule has 2 rings (SSSR count). The van der Waals surface area contributed by atoms with Gasteiger partial charge in [0, 0.05) is 25.1 Å². The van der Waals surface area contributed by atoms with Crippen LogP contribution in [0.1, 0.15) is 23.2 Å². The third-order valence-electron chi connectivity index (χ3n) is 3.23. The van der Waals surface area contributed by atoms with Crippen molar-refractivity contribution in [2.45, 2.75) is 12.8 Å². The number of nitriles is 1. The highest BCUT2D eigenvalue weighted by Crippen LogP contribution is 2.23. The summed E-state index contributed by atoms with van der Waals surface area (Å²) in [7, 11) is 0. The van der Waals surface area contributed by atoms with Gasteiger partial charge in [0.1, 0.15) is 11.3 Å². The van der Waals surface area contributed by atoms with E-state index < -0.39 is 4.92 Å². The number of pyridine rings is 1. The van der Waals surface area contributed by atoms with Crippen molar-refractivity contribution in [1.82, 2.24) is 9.88 Å². The summed E-state index contributed by atoms with van der Waals surface area (Å²) in [6, 6.07) is 3.31. The first-order chi connectivity index (χ1) is 9.52. The van der Waals surface area contributed by atoms with Crippen LogP contribution in [0.4, 0.5) is 5.69 Å². The number of carbonyl (C=O) groups excluding carboxylic acids is 1. The normalized spacial score (nSPS) is 15.7. The van der Waals surface area contributed by atoms with Crippen LogP contribution in [0, 0.1) is 27.4 Å². The molecule has 0 saturated carbocycles. The van der Waals surface area contributed by atoms with Crippen molar-refractivity contribution < 1.29 is 9.72 Å². The number of carbonyl (C=O) groups is 1. The Balaban J connectivity index is 2.19. The number of hydrogen-bond acceptors (Lipinski definition) is 5. The number of hydrogen-bond donors (Lipinski definition) is 0.